The van der Waals surface area contributed by atoms with Crippen molar-refractivity contribution in [1.29, 1.82) is 0 Å². The molecule has 3 aromatic carbocycles. The Kier molecular flexibility index (Phi) is 8.43. The minimum absolute atomic E-state index is 0.0206. The molecule has 3 rings (SSSR count). The van der Waals surface area contributed by atoms with Crippen LogP contribution in [0.25, 0.3) is 0 Å². The molecule has 0 saturated carbocycles. The summed E-state index contributed by atoms with van der Waals surface area (Å²) in [6.45, 7) is 3.71. The van der Waals surface area contributed by atoms with E-state index in [1.807, 2.05) is 13.8 Å². The Bertz CT molecular complexity index is 993. The standard InChI is InChI=1S/3C7H6O2.C5H9.Sn/c3*8-7(9)6-4-2-1-3-5-6;1-4-5(2)3;/h3*1-5H,(H,8,9);4H,1H2,2-3H3;/q;;;;+3/p-3. The van der Waals surface area contributed by atoms with Crippen LogP contribution in [0.15, 0.2) is 103 Å². The Morgan fingerprint density at radius 1 is 0.606 bits per heavy atom. The topological polar surface area (TPSA) is 78.9 Å². The fraction of sp³-hybridized carbons (Fsp3) is 0.115. The average Bonchev–Trinajstić information content (AvgIpc) is 2.84. The number of allylic oxidation sites excluding steroid dienone is 2. The first-order chi connectivity index (χ1) is 15.9. The van der Waals surface area contributed by atoms with Gasteiger partial charge < -0.3 is 0 Å². The van der Waals surface area contributed by atoms with Crippen molar-refractivity contribution < 1.29 is 23.6 Å². The van der Waals surface area contributed by atoms with Crippen LogP contribution >= 0.6 is 0 Å². The molecule has 0 aromatic heterocycles. The van der Waals surface area contributed by atoms with Gasteiger partial charge in [-0.05, 0) is 0 Å². The average molecular weight is 551 g/mol. The first-order valence-electron chi connectivity index (χ1n) is 10.4. The fourth-order valence-corrected chi connectivity index (χ4v) is 9.22. The summed E-state index contributed by atoms with van der Waals surface area (Å²) in [6.07, 6.45) is 1.75. The number of hydrogen-bond donors (Lipinski definition) is 0. The molecular weight excluding hydrogens is 527 g/mol. The summed E-state index contributed by atoms with van der Waals surface area (Å²) < 4.78 is 17.4. The van der Waals surface area contributed by atoms with Crippen LogP contribution in [0.3, 0.4) is 0 Å². The van der Waals surface area contributed by atoms with Crippen molar-refractivity contribution in [1.82, 2.24) is 0 Å². The molecule has 33 heavy (non-hydrogen) atoms. The van der Waals surface area contributed by atoms with Gasteiger partial charge in [-0.15, -0.1) is 0 Å². The first kappa shape index (κ1) is 24.3. The molecule has 0 aliphatic rings. The third-order valence-corrected chi connectivity index (χ3v) is 10.8. The zero-order valence-electron chi connectivity index (χ0n) is 18.4. The molecule has 0 heterocycles. The van der Waals surface area contributed by atoms with E-state index in [4.69, 9.17) is 9.22 Å². The van der Waals surface area contributed by atoms with Gasteiger partial charge in [-0.2, -0.15) is 0 Å². The van der Waals surface area contributed by atoms with E-state index in [0.717, 1.165) is 5.57 Å². The third kappa shape index (κ3) is 7.05. The van der Waals surface area contributed by atoms with Crippen LogP contribution < -0.4 is 0 Å². The van der Waals surface area contributed by atoms with Crippen LogP contribution in [0, 0.1) is 0 Å². The van der Waals surface area contributed by atoms with E-state index in [0.29, 0.717) is 0 Å². The van der Waals surface area contributed by atoms with E-state index in [9.17, 15) is 14.4 Å². The van der Waals surface area contributed by atoms with Gasteiger partial charge in [0, 0.05) is 0 Å². The van der Waals surface area contributed by atoms with E-state index in [2.05, 4.69) is 0 Å². The van der Waals surface area contributed by atoms with E-state index in [1.165, 1.54) is 0 Å². The molecule has 7 heteroatoms. The molecule has 0 spiro atoms. The quantitative estimate of drug-likeness (QED) is 0.273. The summed E-state index contributed by atoms with van der Waals surface area (Å²) in [7, 11) is 0. The van der Waals surface area contributed by atoms with Crippen molar-refractivity contribution in [2.75, 3.05) is 0 Å². The van der Waals surface area contributed by atoms with Gasteiger partial charge in [-0.25, -0.2) is 0 Å². The van der Waals surface area contributed by atoms with E-state index in [-0.39, 0.29) is 21.1 Å². The van der Waals surface area contributed by atoms with Gasteiger partial charge in [-0.3, -0.25) is 0 Å². The number of rotatable bonds is 8. The summed E-state index contributed by atoms with van der Waals surface area (Å²) in [6, 6.07) is 24.9. The second-order valence-corrected chi connectivity index (χ2v) is 14.2. The van der Waals surface area contributed by atoms with Crippen molar-refractivity contribution in [2.45, 2.75) is 18.3 Å². The van der Waals surface area contributed by atoms with Gasteiger partial charge in [0.05, 0.1) is 0 Å². The van der Waals surface area contributed by atoms with Crippen LogP contribution in [0.1, 0.15) is 44.9 Å². The van der Waals surface area contributed by atoms with E-state index < -0.39 is 37.5 Å². The number of benzene rings is 3. The maximum absolute atomic E-state index is 13.0. The maximum atomic E-state index is 13.0. The zero-order valence-corrected chi connectivity index (χ0v) is 21.2. The van der Waals surface area contributed by atoms with E-state index in [1.54, 1.807) is 97.1 Å². The van der Waals surface area contributed by atoms with Crippen LogP contribution in [-0.4, -0.2) is 37.5 Å². The minimum atomic E-state index is -5.20. The Balaban J connectivity index is 2.00. The summed E-state index contributed by atoms with van der Waals surface area (Å²) in [5.74, 6) is -2.14. The second-order valence-electron chi connectivity index (χ2n) is 7.44. The van der Waals surface area contributed by atoms with E-state index >= 15 is 0 Å². The molecule has 0 atom stereocenters. The van der Waals surface area contributed by atoms with Gasteiger partial charge in [0.25, 0.3) is 0 Å². The molecular formula is C26H24O6Sn. The van der Waals surface area contributed by atoms with Crippen LogP contribution in [0.2, 0.25) is 4.44 Å². The molecule has 168 valence electrons. The van der Waals surface area contributed by atoms with Gasteiger partial charge in [0.1, 0.15) is 0 Å². The number of carbonyl (C=O) groups is 3. The fourth-order valence-electron chi connectivity index (χ4n) is 2.84. The summed E-state index contributed by atoms with van der Waals surface area (Å²) in [4.78, 5) is 38.9. The summed E-state index contributed by atoms with van der Waals surface area (Å²) in [5.41, 5.74) is 1.70. The first-order valence-corrected chi connectivity index (χ1v) is 15.9. The summed E-state index contributed by atoms with van der Waals surface area (Å²) >= 11 is -5.20. The molecule has 0 aliphatic heterocycles. The predicted octanol–water partition coefficient (Wildman–Crippen LogP) is 5.46. The van der Waals surface area contributed by atoms with Crippen molar-refractivity contribution in [3.63, 3.8) is 0 Å². The molecule has 3 aromatic rings. The van der Waals surface area contributed by atoms with Gasteiger partial charge >= 0.3 is 199 Å². The monoisotopic (exact) mass is 552 g/mol. The van der Waals surface area contributed by atoms with Gasteiger partial charge in [-0.1, -0.05) is 0 Å². The van der Waals surface area contributed by atoms with Crippen molar-refractivity contribution >= 4 is 37.5 Å². The molecule has 0 aliphatic carbocycles. The molecule has 6 nitrogen and oxygen atoms in total. The van der Waals surface area contributed by atoms with Gasteiger partial charge in [0.15, 0.2) is 0 Å². The SMILES string of the molecule is CC(C)=C[CH2][Sn]([O]C(=O)c1ccccc1)([O]C(=O)c1ccccc1)[O]C(=O)c1ccccc1. The van der Waals surface area contributed by atoms with Crippen LogP contribution in [-0.2, 0) is 9.22 Å². The predicted molar refractivity (Wildman–Crippen MR) is 126 cm³/mol. The molecule has 0 unspecified atom stereocenters. The number of hydrogen-bond acceptors (Lipinski definition) is 6. The molecule has 0 fully saturated rings. The Labute approximate surface area is 198 Å². The van der Waals surface area contributed by atoms with Crippen molar-refractivity contribution in [2.24, 2.45) is 0 Å². The summed E-state index contributed by atoms with van der Waals surface area (Å²) in [5, 5.41) is 0. The van der Waals surface area contributed by atoms with Crippen LogP contribution in [0.4, 0.5) is 0 Å². The normalized spacial score (nSPS) is 10.6. The Morgan fingerprint density at radius 3 is 1.18 bits per heavy atom. The Hall–Kier alpha value is -3.39. The van der Waals surface area contributed by atoms with Gasteiger partial charge in [0.2, 0.25) is 0 Å². The molecule has 0 bridgehead atoms. The molecule has 0 amide bonds. The third-order valence-electron chi connectivity index (χ3n) is 4.53. The van der Waals surface area contributed by atoms with Crippen molar-refractivity contribution in [3.8, 4) is 0 Å². The Morgan fingerprint density at radius 2 is 0.909 bits per heavy atom. The molecule has 0 N–H and O–H groups in total. The number of carbonyl (C=O) groups excluding carboxylic acids is 3. The zero-order chi connectivity index (χ0) is 23.7. The second kappa shape index (κ2) is 11.5. The molecule has 0 radical (unpaired) electrons. The van der Waals surface area contributed by atoms with Crippen molar-refractivity contribution in [3.05, 3.63) is 119 Å². The van der Waals surface area contributed by atoms with Crippen LogP contribution in [0.5, 0.6) is 0 Å². The molecule has 0 saturated heterocycles.